The van der Waals surface area contributed by atoms with Crippen molar-refractivity contribution >= 4 is 23.8 Å². The number of likely N-dealkylation sites (tertiary alicyclic amines) is 1. The number of benzene rings is 3. The molecule has 9 atom stereocenters. The maximum Gasteiger partial charge on any atom is 0.407 e. The fourth-order valence-electron chi connectivity index (χ4n) is 9.18. The lowest BCUT2D eigenvalue weighted by Gasteiger charge is -2.40. The summed E-state index contributed by atoms with van der Waals surface area (Å²) in [4.78, 5) is 59.0. The fraction of sp³-hybridized carbons (Fsp3) is 0.542. The van der Waals surface area contributed by atoms with E-state index in [2.05, 4.69) is 34.9 Å². The number of alkyl carbamates (subject to hydrolysis) is 1. The molecular weight excluding hydrogens is 761 g/mol. The van der Waals surface area contributed by atoms with Crippen LogP contribution in [0.25, 0.3) is 11.1 Å². The van der Waals surface area contributed by atoms with Gasteiger partial charge in [0.15, 0.2) is 0 Å². The van der Waals surface area contributed by atoms with Crippen molar-refractivity contribution in [3.8, 4) is 11.1 Å². The second-order valence-corrected chi connectivity index (χ2v) is 16.9. The quantitative estimate of drug-likeness (QED) is 0.121. The molecule has 1 saturated heterocycles. The molecule has 5 rings (SSSR count). The van der Waals surface area contributed by atoms with Gasteiger partial charge < -0.3 is 39.8 Å². The normalized spacial score (nSPS) is 18.9. The smallest absolute Gasteiger partial charge is 0.407 e. The summed E-state index contributed by atoms with van der Waals surface area (Å²) in [7, 11) is 4.81. The maximum absolute atomic E-state index is 14.4. The summed E-state index contributed by atoms with van der Waals surface area (Å²) in [5, 5.41) is 16.7. The molecule has 0 spiro atoms. The molecule has 12 heteroatoms. The van der Waals surface area contributed by atoms with Crippen LogP contribution < -0.4 is 10.6 Å². The Kier molecular flexibility index (Phi) is 16.3. The van der Waals surface area contributed by atoms with E-state index in [-0.39, 0.29) is 54.5 Å². The Balaban J connectivity index is 1.24. The van der Waals surface area contributed by atoms with E-state index in [0.29, 0.717) is 24.9 Å². The first-order valence-corrected chi connectivity index (χ1v) is 21.5. The van der Waals surface area contributed by atoms with Crippen molar-refractivity contribution in [2.45, 2.75) is 116 Å². The molecule has 2 aliphatic rings. The predicted molar refractivity (Wildman–Crippen MR) is 232 cm³/mol. The van der Waals surface area contributed by atoms with Crippen LogP contribution in [0.15, 0.2) is 78.9 Å². The average Bonchev–Trinajstić information content (AvgIpc) is 3.87. The number of ether oxygens (including phenoxy) is 3. The number of amides is 4. The van der Waals surface area contributed by atoms with Crippen LogP contribution in [-0.4, -0.2) is 110 Å². The Morgan fingerprint density at radius 2 is 1.45 bits per heavy atom. The Hall–Kier alpha value is -4.78. The molecule has 1 aliphatic heterocycles. The first-order valence-electron chi connectivity index (χ1n) is 21.5. The number of aliphatic hydroxyl groups excluding tert-OH is 1. The van der Waals surface area contributed by atoms with Gasteiger partial charge in [0.25, 0.3) is 0 Å². The Bertz CT molecular complexity index is 1860. The number of methoxy groups -OCH3 is 2. The molecule has 12 nitrogen and oxygen atoms in total. The van der Waals surface area contributed by atoms with Crippen LogP contribution in [0.1, 0.15) is 95.9 Å². The summed E-state index contributed by atoms with van der Waals surface area (Å²) in [6, 6.07) is 23.1. The van der Waals surface area contributed by atoms with Crippen molar-refractivity contribution in [3.63, 3.8) is 0 Å². The Morgan fingerprint density at radius 1 is 0.850 bits per heavy atom. The third-order valence-corrected chi connectivity index (χ3v) is 12.8. The third kappa shape index (κ3) is 10.4. The number of aliphatic hydroxyl groups is 1. The third-order valence-electron chi connectivity index (χ3n) is 12.8. The number of hydrogen-bond acceptors (Lipinski definition) is 8. The summed E-state index contributed by atoms with van der Waals surface area (Å²) in [5.74, 6) is -1.79. The van der Waals surface area contributed by atoms with Gasteiger partial charge in [0.2, 0.25) is 17.7 Å². The number of carbonyl (C=O) groups is 4. The summed E-state index contributed by atoms with van der Waals surface area (Å²) in [6.45, 7) is 12.0. The van der Waals surface area contributed by atoms with Gasteiger partial charge in [-0.05, 0) is 59.4 Å². The van der Waals surface area contributed by atoms with Crippen molar-refractivity contribution in [1.82, 2.24) is 20.4 Å². The summed E-state index contributed by atoms with van der Waals surface area (Å²) >= 11 is 0. The average molecular weight is 827 g/mol. The lowest BCUT2D eigenvalue weighted by molar-refractivity contribution is -0.147. The second kappa shape index (κ2) is 21.1. The zero-order valence-electron chi connectivity index (χ0n) is 36.8. The molecule has 0 aromatic heterocycles. The van der Waals surface area contributed by atoms with Gasteiger partial charge in [-0.3, -0.25) is 14.4 Å². The van der Waals surface area contributed by atoms with Crippen LogP contribution in [0.5, 0.6) is 0 Å². The largest absolute Gasteiger partial charge is 0.449 e. The highest BCUT2D eigenvalue weighted by Crippen LogP contribution is 2.44. The van der Waals surface area contributed by atoms with Gasteiger partial charge in [-0.2, -0.15) is 0 Å². The van der Waals surface area contributed by atoms with E-state index in [1.54, 1.807) is 44.9 Å². The molecule has 326 valence electrons. The first kappa shape index (κ1) is 46.3. The molecule has 0 saturated carbocycles. The summed E-state index contributed by atoms with van der Waals surface area (Å²) in [6.07, 6.45) is -0.692. The fourth-order valence-corrected chi connectivity index (χ4v) is 9.18. The highest BCUT2D eigenvalue weighted by Gasteiger charge is 2.43. The minimum atomic E-state index is -0.889. The van der Waals surface area contributed by atoms with E-state index in [9.17, 15) is 24.3 Å². The highest BCUT2D eigenvalue weighted by molar-refractivity contribution is 5.86. The number of rotatable bonds is 19. The molecule has 3 N–H and O–H groups in total. The van der Waals surface area contributed by atoms with Crippen molar-refractivity contribution in [1.29, 1.82) is 0 Å². The van der Waals surface area contributed by atoms with Gasteiger partial charge in [0, 0.05) is 33.7 Å². The van der Waals surface area contributed by atoms with Crippen LogP contribution in [-0.2, 0) is 28.6 Å². The lowest BCUT2D eigenvalue weighted by atomic mass is 9.89. The van der Waals surface area contributed by atoms with Crippen LogP contribution >= 0.6 is 0 Å². The van der Waals surface area contributed by atoms with Crippen LogP contribution in [0, 0.1) is 17.8 Å². The Labute approximate surface area is 356 Å². The number of carbonyl (C=O) groups excluding carboxylic acids is 4. The van der Waals surface area contributed by atoms with Gasteiger partial charge in [0.05, 0.1) is 48.8 Å². The first-order chi connectivity index (χ1) is 28.7. The SMILES string of the molecule is CC[C@H](C)[C@@H]([C@@H](CC(=O)N1CCC[C@H]1[C@H](OC)[C@@H](C)C(=O)N[C@H](C)[C@@H](O)c1ccccc1)OC)N(C)C(=O)[C@@H](NC(=O)OCC1c2ccccc2-c2ccccc21)C(C)C. The molecule has 60 heavy (non-hydrogen) atoms. The van der Waals surface area contributed by atoms with Gasteiger partial charge in [-0.25, -0.2) is 4.79 Å². The van der Waals surface area contributed by atoms with E-state index in [4.69, 9.17) is 14.2 Å². The summed E-state index contributed by atoms with van der Waals surface area (Å²) < 4.78 is 17.8. The van der Waals surface area contributed by atoms with Gasteiger partial charge in [0.1, 0.15) is 12.6 Å². The molecule has 4 amide bonds. The molecule has 0 bridgehead atoms. The van der Waals surface area contributed by atoms with Gasteiger partial charge >= 0.3 is 6.09 Å². The van der Waals surface area contributed by atoms with Crippen molar-refractivity contribution < 1.29 is 38.5 Å². The number of nitrogens with one attached hydrogen (secondary N) is 2. The summed E-state index contributed by atoms with van der Waals surface area (Å²) in [5.41, 5.74) is 5.16. The molecule has 1 aliphatic carbocycles. The van der Waals surface area contributed by atoms with Crippen LogP contribution in [0.2, 0.25) is 0 Å². The minimum absolute atomic E-state index is 0.00307. The minimum Gasteiger partial charge on any atom is -0.449 e. The standard InChI is InChI=1S/C48H66N4O8/c1-10-30(4)43(51(7)47(56)42(29(2)3)50-48(57)60-28-38-36-23-16-14-21-34(36)35-22-15-17-24-37(35)38)40(58-8)27-41(53)52-26-18-25-39(52)45(59-9)31(5)46(55)49-32(6)44(54)33-19-12-11-13-20-33/h11-17,19-24,29-32,38-40,42-45,54H,10,18,25-28H2,1-9H3,(H,49,55)(H,50,57)/t30-,31+,32+,39-,40+,42-,43-,44+,45+/m0/s1. The topological polar surface area (TPSA) is 147 Å². The molecule has 3 aromatic carbocycles. The number of hydrogen-bond donors (Lipinski definition) is 3. The van der Waals surface area contributed by atoms with E-state index < -0.39 is 48.4 Å². The zero-order chi connectivity index (χ0) is 43.7. The molecule has 0 unspecified atom stereocenters. The van der Waals surface area contributed by atoms with Crippen molar-refractivity contribution in [2.24, 2.45) is 17.8 Å². The molecule has 1 fully saturated rings. The van der Waals surface area contributed by atoms with E-state index in [1.807, 2.05) is 82.3 Å². The van der Waals surface area contributed by atoms with E-state index >= 15 is 0 Å². The predicted octanol–water partition coefficient (Wildman–Crippen LogP) is 6.71. The van der Waals surface area contributed by atoms with Crippen molar-refractivity contribution in [2.75, 3.05) is 34.4 Å². The maximum atomic E-state index is 14.4. The molecule has 3 aromatic rings. The van der Waals surface area contributed by atoms with Gasteiger partial charge in [-0.1, -0.05) is 120 Å². The molecule has 1 heterocycles. The monoisotopic (exact) mass is 826 g/mol. The number of fused-ring (bicyclic) bond motifs is 3. The lowest BCUT2D eigenvalue weighted by Crippen LogP contribution is -2.58. The zero-order valence-corrected chi connectivity index (χ0v) is 36.8. The van der Waals surface area contributed by atoms with Crippen LogP contribution in [0.4, 0.5) is 4.79 Å². The molecular formula is C48H66N4O8. The van der Waals surface area contributed by atoms with Gasteiger partial charge in [-0.15, -0.1) is 0 Å². The van der Waals surface area contributed by atoms with E-state index in [0.717, 1.165) is 28.7 Å². The van der Waals surface area contributed by atoms with Crippen molar-refractivity contribution in [3.05, 3.63) is 95.6 Å². The molecule has 0 radical (unpaired) electrons. The number of nitrogens with zero attached hydrogens (tertiary/aromatic N) is 2. The highest BCUT2D eigenvalue weighted by atomic mass is 16.5. The number of likely N-dealkylation sites (N-methyl/N-ethyl adjacent to an activating group) is 1. The second-order valence-electron chi connectivity index (χ2n) is 16.9. The Morgan fingerprint density at radius 3 is 2.02 bits per heavy atom. The van der Waals surface area contributed by atoms with Crippen LogP contribution in [0.3, 0.4) is 0 Å². The van der Waals surface area contributed by atoms with E-state index in [1.165, 1.54) is 0 Å².